The lowest BCUT2D eigenvalue weighted by molar-refractivity contribution is 0.0732. The molecule has 1 aromatic rings. The van der Waals surface area contributed by atoms with Gasteiger partial charge in [-0.2, -0.15) is 0 Å². The Morgan fingerprint density at radius 2 is 1.61 bits per heavy atom. The van der Waals surface area contributed by atoms with Crippen molar-refractivity contribution < 1.29 is 13.5 Å². The van der Waals surface area contributed by atoms with E-state index in [-0.39, 0.29) is 11.7 Å². The zero-order valence-electron chi connectivity index (χ0n) is 11.4. The van der Waals surface area contributed by atoms with Crippen molar-refractivity contribution in [1.82, 2.24) is 0 Å². The molecule has 1 aromatic carbocycles. The smallest absolute Gasteiger partial charge is 0.133 e. The minimum Gasteiger partial charge on any atom is -0.490 e. The fourth-order valence-corrected chi connectivity index (χ4v) is 2.45. The summed E-state index contributed by atoms with van der Waals surface area (Å²) in [5.74, 6) is -0.0943. The molecule has 0 N–H and O–H groups in total. The second kappa shape index (κ2) is 4.52. The van der Waals surface area contributed by atoms with Gasteiger partial charge in [-0.3, -0.25) is 0 Å². The van der Waals surface area contributed by atoms with Crippen LogP contribution in [0.1, 0.15) is 46.1 Å². The Morgan fingerprint density at radius 1 is 1.11 bits per heavy atom. The zero-order chi connectivity index (χ0) is 13.5. The summed E-state index contributed by atoms with van der Waals surface area (Å²) in [5, 5.41) is 0. The number of ether oxygens (including phenoxy) is 1. The second-order valence-electron chi connectivity index (χ2n) is 6.33. The number of hydrogen-bond acceptors (Lipinski definition) is 1. The van der Waals surface area contributed by atoms with Crippen molar-refractivity contribution in [1.29, 1.82) is 0 Å². The molecule has 0 unspecified atom stereocenters. The van der Waals surface area contributed by atoms with E-state index in [1.807, 2.05) is 0 Å². The predicted octanol–water partition coefficient (Wildman–Crippen LogP) is 4.44. The molecule has 1 nitrogen and oxygen atoms in total. The molecule has 0 amide bonds. The van der Waals surface area contributed by atoms with E-state index >= 15 is 0 Å². The minimum absolute atomic E-state index is 0.110. The highest BCUT2D eigenvalue weighted by atomic mass is 19.1. The molecule has 1 saturated carbocycles. The first-order valence-electron chi connectivity index (χ1n) is 6.43. The normalized spacial score (nSPS) is 23.7. The van der Waals surface area contributed by atoms with Gasteiger partial charge in [0.1, 0.15) is 17.4 Å². The molecule has 0 bridgehead atoms. The Balaban J connectivity index is 2.20. The lowest BCUT2D eigenvalue weighted by atomic mass is 9.84. The van der Waals surface area contributed by atoms with Crippen LogP contribution in [0.15, 0.2) is 12.1 Å². The summed E-state index contributed by atoms with van der Waals surface area (Å²) in [4.78, 5) is 0. The Labute approximate surface area is 107 Å². The SMILES string of the molecule is CC1CC(Oc2cc(F)c(C(C)(C)C)c(F)c2)C1. The van der Waals surface area contributed by atoms with Gasteiger partial charge >= 0.3 is 0 Å². The number of benzene rings is 1. The molecule has 1 fully saturated rings. The monoisotopic (exact) mass is 254 g/mol. The molecule has 100 valence electrons. The van der Waals surface area contributed by atoms with Gasteiger partial charge in [0.25, 0.3) is 0 Å². The van der Waals surface area contributed by atoms with Crippen LogP contribution in [0, 0.1) is 17.6 Å². The van der Waals surface area contributed by atoms with Gasteiger partial charge < -0.3 is 4.74 Å². The number of rotatable bonds is 2. The zero-order valence-corrected chi connectivity index (χ0v) is 11.4. The van der Waals surface area contributed by atoms with Crippen molar-refractivity contribution in [3.8, 4) is 5.75 Å². The molecule has 0 radical (unpaired) electrons. The van der Waals surface area contributed by atoms with Gasteiger partial charge in [0.2, 0.25) is 0 Å². The summed E-state index contributed by atoms with van der Waals surface area (Å²) in [5.41, 5.74) is -0.422. The molecule has 18 heavy (non-hydrogen) atoms. The van der Waals surface area contributed by atoms with E-state index < -0.39 is 17.0 Å². The highest BCUT2D eigenvalue weighted by Crippen LogP contribution is 2.34. The minimum atomic E-state index is -0.544. The van der Waals surface area contributed by atoms with Gasteiger partial charge in [0.15, 0.2) is 0 Å². The molecule has 0 saturated heterocycles. The fourth-order valence-electron chi connectivity index (χ4n) is 2.45. The molecule has 0 spiro atoms. The van der Waals surface area contributed by atoms with E-state index in [2.05, 4.69) is 6.92 Å². The van der Waals surface area contributed by atoms with Crippen LogP contribution in [0.5, 0.6) is 5.75 Å². The van der Waals surface area contributed by atoms with E-state index in [1.54, 1.807) is 20.8 Å². The maximum atomic E-state index is 13.9. The average molecular weight is 254 g/mol. The highest BCUT2D eigenvalue weighted by molar-refractivity contribution is 5.34. The summed E-state index contributed by atoms with van der Waals surface area (Å²) in [6.45, 7) is 7.53. The van der Waals surface area contributed by atoms with Crippen molar-refractivity contribution in [3.63, 3.8) is 0 Å². The molecule has 1 aliphatic carbocycles. The topological polar surface area (TPSA) is 9.23 Å². The van der Waals surface area contributed by atoms with E-state index in [9.17, 15) is 8.78 Å². The second-order valence-corrected chi connectivity index (χ2v) is 6.33. The molecule has 0 aliphatic heterocycles. The summed E-state index contributed by atoms with van der Waals surface area (Å²) >= 11 is 0. The summed E-state index contributed by atoms with van der Waals surface area (Å²) < 4.78 is 33.4. The van der Waals surface area contributed by atoms with E-state index in [4.69, 9.17) is 4.74 Å². The molecule has 3 heteroatoms. The van der Waals surface area contributed by atoms with Crippen molar-refractivity contribution in [2.45, 2.75) is 52.1 Å². The Hall–Kier alpha value is -1.12. The molecule has 2 rings (SSSR count). The quantitative estimate of drug-likeness (QED) is 0.758. The Morgan fingerprint density at radius 3 is 2.00 bits per heavy atom. The lowest BCUT2D eigenvalue weighted by Crippen LogP contribution is -2.32. The molecular formula is C15H20F2O. The number of hydrogen-bond donors (Lipinski definition) is 0. The first-order chi connectivity index (χ1) is 8.27. The molecule has 0 heterocycles. The summed E-state index contributed by atoms with van der Waals surface area (Å²) in [6, 6.07) is 2.60. The van der Waals surface area contributed by atoms with Gasteiger partial charge in [0, 0.05) is 17.7 Å². The van der Waals surface area contributed by atoms with Crippen LogP contribution in [0.4, 0.5) is 8.78 Å². The third kappa shape index (κ3) is 2.65. The summed E-state index contributed by atoms with van der Waals surface area (Å²) in [6.07, 6.45) is 2.04. The standard InChI is InChI=1S/C15H20F2O/c1-9-5-10(6-9)18-11-7-12(16)14(13(17)8-11)15(2,3)4/h7-10H,5-6H2,1-4H3. The van der Waals surface area contributed by atoms with E-state index in [0.29, 0.717) is 11.7 Å². The Bertz CT molecular complexity index is 419. The van der Waals surface area contributed by atoms with Gasteiger partial charge in [-0.05, 0) is 24.2 Å². The highest BCUT2D eigenvalue weighted by Gasteiger charge is 2.29. The van der Waals surface area contributed by atoms with Crippen molar-refractivity contribution in [3.05, 3.63) is 29.3 Å². The molecule has 1 aliphatic rings. The maximum absolute atomic E-state index is 13.9. The largest absolute Gasteiger partial charge is 0.490 e. The molecular weight excluding hydrogens is 234 g/mol. The lowest BCUT2D eigenvalue weighted by Gasteiger charge is -2.33. The van der Waals surface area contributed by atoms with E-state index in [0.717, 1.165) is 12.8 Å². The fraction of sp³-hybridized carbons (Fsp3) is 0.600. The van der Waals surface area contributed by atoms with Gasteiger partial charge in [-0.25, -0.2) is 8.78 Å². The Kier molecular flexibility index (Phi) is 3.35. The number of halogens is 2. The van der Waals surface area contributed by atoms with E-state index in [1.165, 1.54) is 12.1 Å². The van der Waals surface area contributed by atoms with Crippen molar-refractivity contribution in [2.24, 2.45) is 5.92 Å². The third-order valence-corrected chi connectivity index (χ3v) is 3.40. The van der Waals surface area contributed by atoms with Crippen molar-refractivity contribution >= 4 is 0 Å². The van der Waals surface area contributed by atoms with Crippen LogP contribution in [0.2, 0.25) is 0 Å². The van der Waals surface area contributed by atoms with Crippen LogP contribution in [-0.2, 0) is 5.41 Å². The van der Waals surface area contributed by atoms with Gasteiger partial charge in [-0.15, -0.1) is 0 Å². The van der Waals surface area contributed by atoms with Gasteiger partial charge in [0.05, 0.1) is 6.10 Å². The van der Waals surface area contributed by atoms with Crippen LogP contribution >= 0.6 is 0 Å². The molecule has 0 aromatic heterocycles. The van der Waals surface area contributed by atoms with Crippen LogP contribution in [0.25, 0.3) is 0 Å². The first-order valence-corrected chi connectivity index (χ1v) is 6.43. The maximum Gasteiger partial charge on any atom is 0.133 e. The summed E-state index contributed by atoms with van der Waals surface area (Å²) in [7, 11) is 0. The van der Waals surface area contributed by atoms with Crippen LogP contribution in [0.3, 0.4) is 0 Å². The first kappa shape index (κ1) is 13.3. The average Bonchev–Trinajstić information content (AvgIpc) is 2.11. The van der Waals surface area contributed by atoms with Crippen LogP contribution in [-0.4, -0.2) is 6.10 Å². The van der Waals surface area contributed by atoms with Crippen LogP contribution < -0.4 is 4.74 Å². The van der Waals surface area contributed by atoms with Crippen molar-refractivity contribution in [2.75, 3.05) is 0 Å². The van der Waals surface area contributed by atoms with Gasteiger partial charge in [-0.1, -0.05) is 27.7 Å². The molecule has 0 atom stereocenters. The predicted molar refractivity (Wildman–Crippen MR) is 67.9 cm³/mol. The third-order valence-electron chi connectivity index (χ3n) is 3.40.